The summed E-state index contributed by atoms with van der Waals surface area (Å²) in [6.07, 6.45) is -4.92. The van der Waals surface area contributed by atoms with Crippen molar-refractivity contribution in [3.05, 3.63) is 0 Å². The Morgan fingerprint density at radius 1 is 1.50 bits per heavy atom. The highest BCUT2D eigenvalue weighted by Gasteiger charge is 2.32. The first-order valence-electron chi connectivity index (χ1n) is 1.46. The van der Waals surface area contributed by atoms with Gasteiger partial charge in [-0.15, -0.1) is 13.2 Å². The van der Waals surface area contributed by atoms with Gasteiger partial charge < -0.3 is 0 Å². The van der Waals surface area contributed by atoms with Crippen LogP contribution in [0.2, 0.25) is 0 Å². The predicted molar refractivity (Wildman–Crippen MR) is 17.5 cm³/mol. The number of ether oxygens (including phenoxy) is 1. The SMILES string of the molecule is [O]C(Cl)OC(F)(F)F. The molecule has 0 saturated carbocycles. The smallest absolute Gasteiger partial charge is 0.244 e. The lowest BCUT2D eigenvalue weighted by atomic mass is 11.3. The van der Waals surface area contributed by atoms with Crippen LogP contribution in [0.3, 0.4) is 0 Å². The molecule has 0 aromatic rings. The average molecular weight is 149 g/mol. The minimum absolute atomic E-state index is 2.56. The van der Waals surface area contributed by atoms with Crippen LogP contribution >= 0.6 is 11.6 Å². The minimum atomic E-state index is -4.92. The summed E-state index contributed by atoms with van der Waals surface area (Å²) in [5, 5.41) is 9.37. The third-order valence-corrected chi connectivity index (χ3v) is 0.315. The molecule has 0 aliphatic rings. The summed E-state index contributed by atoms with van der Waals surface area (Å²) in [4.78, 5) is 0. The number of halogens is 4. The molecule has 0 aromatic carbocycles. The van der Waals surface area contributed by atoms with E-state index in [9.17, 15) is 18.3 Å². The monoisotopic (exact) mass is 149 g/mol. The second-order valence-electron chi connectivity index (χ2n) is 0.838. The first kappa shape index (κ1) is 8.00. The highest BCUT2D eigenvalue weighted by molar-refractivity contribution is 6.18. The summed E-state index contributed by atoms with van der Waals surface area (Å²) in [7, 11) is 0. The van der Waals surface area contributed by atoms with Crippen molar-refractivity contribution < 1.29 is 23.0 Å². The van der Waals surface area contributed by atoms with Crippen molar-refractivity contribution in [2.24, 2.45) is 0 Å². The molecule has 1 radical (unpaired) electrons. The third kappa shape index (κ3) is 6.00. The fourth-order valence-corrected chi connectivity index (χ4v) is 0.206. The van der Waals surface area contributed by atoms with E-state index in [4.69, 9.17) is 0 Å². The van der Waals surface area contributed by atoms with Crippen LogP contribution in [0.25, 0.3) is 0 Å². The molecule has 2 nitrogen and oxygen atoms in total. The lowest BCUT2D eigenvalue weighted by Crippen LogP contribution is -2.17. The predicted octanol–water partition coefficient (Wildman–Crippen LogP) is 1.48. The fourth-order valence-electron chi connectivity index (χ4n) is 0.105. The van der Waals surface area contributed by atoms with Gasteiger partial charge in [-0.2, -0.15) is 5.11 Å². The van der Waals surface area contributed by atoms with Gasteiger partial charge in [0.15, 0.2) is 0 Å². The van der Waals surface area contributed by atoms with Gasteiger partial charge in [0, 0.05) is 0 Å². The van der Waals surface area contributed by atoms with Crippen molar-refractivity contribution in [3.8, 4) is 0 Å². The molecule has 0 N–H and O–H groups in total. The van der Waals surface area contributed by atoms with E-state index in [1.54, 1.807) is 0 Å². The molecule has 0 aromatic heterocycles. The van der Waals surface area contributed by atoms with E-state index in [1.165, 1.54) is 0 Å². The average Bonchev–Trinajstić information content (AvgIpc) is 1.21. The van der Waals surface area contributed by atoms with Gasteiger partial charge in [-0.3, -0.25) is 0 Å². The summed E-state index contributed by atoms with van der Waals surface area (Å²) in [6, 6.07) is 0. The van der Waals surface area contributed by atoms with Crippen LogP contribution in [0.15, 0.2) is 0 Å². The van der Waals surface area contributed by atoms with Crippen molar-refractivity contribution in [2.45, 2.75) is 12.1 Å². The van der Waals surface area contributed by atoms with Gasteiger partial charge in [0.2, 0.25) is 0 Å². The highest BCUT2D eigenvalue weighted by atomic mass is 35.5. The number of hydrogen-bond acceptors (Lipinski definition) is 1. The largest absolute Gasteiger partial charge is 0.525 e. The topological polar surface area (TPSA) is 29.1 Å². The summed E-state index contributed by atoms with van der Waals surface area (Å²) in [5.74, 6) is -2.56. The second kappa shape index (κ2) is 2.52. The molecule has 0 aliphatic carbocycles. The van der Waals surface area contributed by atoms with Gasteiger partial charge in [-0.05, 0) is 0 Å². The quantitative estimate of drug-likeness (QED) is 0.410. The molecule has 0 amide bonds. The molecule has 49 valence electrons. The van der Waals surface area contributed by atoms with Crippen molar-refractivity contribution in [1.82, 2.24) is 0 Å². The van der Waals surface area contributed by atoms with Crippen LogP contribution in [0.4, 0.5) is 13.2 Å². The molecule has 0 heterocycles. The molecule has 0 rings (SSSR count). The van der Waals surface area contributed by atoms with E-state index in [2.05, 4.69) is 16.3 Å². The number of rotatable bonds is 1. The van der Waals surface area contributed by atoms with Crippen molar-refractivity contribution in [3.63, 3.8) is 0 Å². The molecule has 1 unspecified atom stereocenters. The Morgan fingerprint density at radius 3 is 1.88 bits per heavy atom. The molecular formula is C2HClF3O2. The normalized spacial score (nSPS) is 16.1. The molecule has 0 saturated heterocycles. The van der Waals surface area contributed by atoms with E-state index < -0.39 is 12.1 Å². The maximum atomic E-state index is 10.8. The Hall–Kier alpha value is -0.0000000000000000555. The van der Waals surface area contributed by atoms with Gasteiger partial charge in [0.1, 0.15) is 0 Å². The first-order valence-corrected chi connectivity index (χ1v) is 1.90. The Labute approximate surface area is 47.8 Å². The van der Waals surface area contributed by atoms with Crippen LogP contribution in [0.5, 0.6) is 0 Å². The minimum Gasteiger partial charge on any atom is -0.244 e. The van der Waals surface area contributed by atoms with Gasteiger partial charge in [0.05, 0.1) is 0 Å². The Bertz CT molecular complexity index is 70.2. The van der Waals surface area contributed by atoms with E-state index in [0.717, 1.165) is 0 Å². The summed E-state index contributed by atoms with van der Waals surface area (Å²) >= 11 is 4.26. The van der Waals surface area contributed by atoms with Gasteiger partial charge in [-0.25, -0.2) is 4.74 Å². The molecule has 0 spiro atoms. The second-order valence-corrected chi connectivity index (χ2v) is 1.19. The van der Waals surface area contributed by atoms with E-state index in [-0.39, 0.29) is 0 Å². The lowest BCUT2D eigenvalue weighted by Gasteiger charge is -2.04. The van der Waals surface area contributed by atoms with Gasteiger partial charge in [0.25, 0.3) is 5.75 Å². The zero-order valence-electron chi connectivity index (χ0n) is 3.41. The zero-order chi connectivity index (χ0) is 6.78. The van der Waals surface area contributed by atoms with Crippen molar-refractivity contribution >= 4 is 11.6 Å². The summed E-state index contributed by atoms with van der Waals surface area (Å²) in [5.41, 5.74) is 0. The maximum Gasteiger partial charge on any atom is 0.525 e. The summed E-state index contributed by atoms with van der Waals surface area (Å²) < 4.78 is 35.0. The third-order valence-electron chi connectivity index (χ3n) is 0.226. The van der Waals surface area contributed by atoms with Crippen LogP contribution < -0.4 is 0 Å². The van der Waals surface area contributed by atoms with Crippen LogP contribution in [0, 0.1) is 0 Å². The van der Waals surface area contributed by atoms with Crippen molar-refractivity contribution in [1.29, 1.82) is 0 Å². The van der Waals surface area contributed by atoms with E-state index in [1.807, 2.05) is 0 Å². The molecule has 6 heteroatoms. The zero-order valence-corrected chi connectivity index (χ0v) is 4.16. The van der Waals surface area contributed by atoms with E-state index >= 15 is 0 Å². The Balaban J connectivity index is 3.39. The Morgan fingerprint density at radius 2 is 1.88 bits per heavy atom. The molecular weight excluding hydrogens is 148 g/mol. The fraction of sp³-hybridized carbons (Fsp3) is 1.00. The molecule has 0 bridgehead atoms. The number of alkyl halides is 4. The van der Waals surface area contributed by atoms with Gasteiger partial charge >= 0.3 is 6.36 Å². The molecule has 1 atom stereocenters. The molecule has 0 fully saturated rings. The lowest BCUT2D eigenvalue weighted by molar-refractivity contribution is -0.362. The van der Waals surface area contributed by atoms with Crippen LogP contribution in [-0.4, -0.2) is 12.1 Å². The number of hydrogen-bond donors (Lipinski definition) is 0. The van der Waals surface area contributed by atoms with Crippen LogP contribution in [-0.2, 0) is 9.84 Å². The molecule has 0 aliphatic heterocycles. The molecule has 8 heavy (non-hydrogen) atoms. The van der Waals surface area contributed by atoms with Gasteiger partial charge in [-0.1, -0.05) is 11.6 Å². The van der Waals surface area contributed by atoms with Crippen LogP contribution in [0.1, 0.15) is 0 Å². The van der Waals surface area contributed by atoms with Crippen molar-refractivity contribution in [2.75, 3.05) is 0 Å². The standard InChI is InChI=1S/C2HClF3O2/c3-1(7)8-2(4,5)6/h1H. The summed E-state index contributed by atoms with van der Waals surface area (Å²) in [6.45, 7) is 0. The van der Waals surface area contributed by atoms with E-state index in [0.29, 0.717) is 0 Å². The Kier molecular flexibility index (Phi) is 2.52. The first-order chi connectivity index (χ1) is 3.42. The highest BCUT2D eigenvalue weighted by Crippen LogP contribution is 2.18. The maximum absolute atomic E-state index is 10.8.